The van der Waals surface area contributed by atoms with Crippen LogP contribution in [0.5, 0.6) is 17.2 Å². The van der Waals surface area contributed by atoms with Crippen molar-refractivity contribution in [3.05, 3.63) is 47.2 Å². The number of carbonyl (C=O) groups is 3. The molecular formula is C26H33ClN2O7. The third-order valence-corrected chi connectivity index (χ3v) is 5.83. The number of nitrogens with one attached hydrogen (secondary N) is 1. The topological polar surface area (TPSA) is 113 Å². The van der Waals surface area contributed by atoms with E-state index in [2.05, 4.69) is 10.3 Å². The Morgan fingerprint density at radius 3 is 2.39 bits per heavy atom. The van der Waals surface area contributed by atoms with Gasteiger partial charge in [-0.15, -0.1) is 0 Å². The van der Waals surface area contributed by atoms with E-state index in [1.54, 1.807) is 31.2 Å². The van der Waals surface area contributed by atoms with Gasteiger partial charge in [-0.3, -0.25) is 9.59 Å². The first-order valence-electron chi connectivity index (χ1n) is 11.8. The van der Waals surface area contributed by atoms with Gasteiger partial charge in [0, 0.05) is 24.2 Å². The van der Waals surface area contributed by atoms with Crippen LogP contribution < -0.4 is 19.5 Å². The molecule has 1 amide bonds. The lowest BCUT2D eigenvalue weighted by Crippen LogP contribution is -2.45. The van der Waals surface area contributed by atoms with Crippen LogP contribution in [-0.4, -0.2) is 48.2 Å². The molecule has 9 nitrogen and oxygen atoms in total. The fraction of sp³-hybridized carbons (Fsp3) is 0.462. The van der Waals surface area contributed by atoms with E-state index in [1.165, 1.54) is 33.2 Å². The SMILES string of the molecule is CCC(CC)[C@@H](Oc1cccc(Cl)c1)[C@H](C)OC(=O)[C@H](C)NC(=O)c1nccc(OC)c1OC(C)=O. The molecule has 0 unspecified atom stereocenters. The monoisotopic (exact) mass is 520 g/mol. The van der Waals surface area contributed by atoms with Crippen LogP contribution in [0.25, 0.3) is 0 Å². The zero-order valence-corrected chi connectivity index (χ0v) is 22.1. The van der Waals surface area contributed by atoms with Crippen LogP contribution in [-0.2, 0) is 14.3 Å². The van der Waals surface area contributed by atoms with Gasteiger partial charge in [0.2, 0.25) is 5.75 Å². The minimum absolute atomic E-state index is 0.115. The van der Waals surface area contributed by atoms with Crippen molar-refractivity contribution in [3.8, 4) is 17.2 Å². The summed E-state index contributed by atoms with van der Waals surface area (Å²) >= 11 is 6.09. The number of amides is 1. The van der Waals surface area contributed by atoms with Crippen LogP contribution in [0.4, 0.5) is 0 Å². The van der Waals surface area contributed by atoms with E-state index in [-0.39, 0.29) is 23.1 Å². The Labute approximate surface area is 216 Å². The van der Waals surface area contributed by atoms with Gasteiger partial charge in [-0.05, 0) is 50.8 Å². The van der Waals surface area contributed by atoms with E-state index in [0.717, 1.165) is 12.8 Å². The van der Waals surface area contributed by atoms with Gasteiger partial charge in [0.25, 0.3) is 5.91 Å². The number of methoxy groups -OCH3 is 1. The molecule has 36 heavy (non-hydrogen) atoms. The normalized spacial score (nSPS) is 13.3. The number of benzene rings is 1. The van der Waals surface area contributed by atoms with Crippen molar-refractivity contribution in [1.29, 1.82) is 0 Å². The maximum atomic E-state index is 12.9. The van der Waals surface area contributed by atoms with Crippen molar-refractivity contribution in [1.82, 2.24) is 10.3 Å². The predicted molar refractivity (Wildman–Crippen MR) is 135 cm³/mol. The highest BCUT2D eigenvalue weighted by Gasteiger charge is 2.32. The number of esters is 2. The molecule has 0 saturated heterocycles. The maximum absolute atomic E-state index is 12.9. The van der Waals surface area contributed by atoms with Gasteiger partial charge < -0.3 is 24.3 Å². The Hall–Kier alpha value is -3.33. The van der Waals surface area contributed by atoms with Crippen molar-refractivity contribution in [2.45, 2.75) is 65.7 Å². The van der Waals surface area contributed by atoms with Gasteiger partial charge in [0.1, 0.15) is 24.0 Å². The minimum Gasteiger partial charge on any atom is -0.493 e. The average molecular weight is 521 g/mol. The average Bonchev–Trinajstić information content (AvgIpc) is 2.83. The number of ether oxygens (including phenoxy) is 4. The molecular weight excluding hydrogens is 488 g/mol. The van der Waals surface area contributed by atoms with Gasteiger partial charge in [-0.25, -0.2) is 9.78 Å². The number of carbonyl (C=O) groups excluding carboxylic acids is 3. The lowest BCUT2D eigenvalue weighted by atomic mass is 9.93. The highest BCUT2D eigenvalue weighted by molar-refractivity contribution is 6.30. The first-order chi connectivity index (χ1) is 17.1. The van der Waals surface area contributed by atoms with E-state index in [0.29, 0.717) is 10.8 Å². The zero-order valence-electron chi connectivity index (χ0n) is 21.4. The number of pyridine rings is 1. The molecule has 0 aliphatic heterocycles. The first kappa shape index (κ1) is 28.9. The number of hydrogen-bond donors (Lipinski definition) is 1. The fourth-order valence-corrected chi connectivity index (χ4v) is 3.88. The van der Waals surface area contributed by atoms with Gasteiger partial charge in [0.05, 0.1) is 7.11 Å². The zero-order chi connectivity index (χ0) is 26.8. The van der Waals surface area contributed by atoms with Crippen LogP contribution in [0, 0.1) is 5.92 Å². The third kappa shape index (κ3) is 7.84. The van der Waals surface area contributed by atoms with E-state index in [1.807, 2.05) is 13.8 Å². The maximum Gasteiger partial charge on any atom is 0.328 e. The lowest BCUT2D eigenvalue weighted by molar-refractivity contribution is -0.156. The largest absolute Gasteiger partial charge is 0.493 e. The van der Waals surface area contributed by atoms with E-state index in [9.17, 15) is 14.4 Å². The minimum atomic E-state index is -1.02. The highest BCUT2D eigenvalue weighted by Crippen LogP contribution is 2.30. The summed E-state index contributed by atoms with van der Waals surface area (Å²) in [7, 11) is 1.37. The molecule has 3 atom stereocenters. The quantitative estimate of drug-likeness (QED) is 0.404. The van der Waals surface area contributed by atoms with Crippen LogP contribution in [0.2, 0.25) is 5.02 Å². The Morgan fingerprint density at radius 2 is 1.81 bits per heavy atom. The van der Waals surface area contributed by atoms with Crippen molar-refractivity contribution < 1.29 is 33.3 Å². The van der Waals surface area contributed by atoms with Crippen LogP contribution in [0.15, 0.2) is 36.5 Å². The molecule has 0 saturated carbocycles. The van der Waals surface area contributed by atoms with Crippen LogP contribution in [0.3, 0.4) is 0 Å². The number of halogens is 1. The van der Waals surface area contributed by atoms with E-state index >= 15 is 0 Å². The number of hydrogen-bond acceptors (Lipinski definition) is 8. The number of nitrogens with zero attached hydrogens (tertiary/aromatic N) is 1. The second kappa shape index (κ2) is 13.7. The Bertz CT molecular complexity index is 1060. The number of aromatic nitrogens is 1. The predicted octanol–water partition coefficient (Wildman–Crippen LogP) is 4.60. The molecule has 0 aliphatic carbocycles. The van der Waals surface area contributed by atoms with Crippen molar-refractivity contribution in [2.75, 3.05) is 7.11 Å². The smallest absolute Gasteiger partial charge is 0.328 e. The molecule has 0 spiro atoms. The first-order valence-corrected chi connectivity index (χ1v) is 12.1. The van der Waals surface area contributed by atoms with Gasteiger partial charge in [0.15, 0.2) is 11.4 Å². The summed E-state index contributed by atoms with van der Waals surface area (Å²) in [6.07, 6.45) is 1.92. The summed E-state index contributed by atoms with van der Waals surface area (Å²) in [4.78, 5) is 41.2. The van der Waals surface area contributed by atoms with Crippen molar-refractivity contribution >= 4 is 29.4 Å². The molecule has 1 N–H and O–H groups in total. The third-order valence-electron chi connectivity index (χ3n) is 5.60. The van der Waals surface area contributed by atoms with Crippen LogP contribution >= 0.6 is 11.6 Å². The molecule has 0 aliphatic rings. The molecule has 0 bridgehead atoms. The van der Waals surface area contributed by atoms with E-state index in [4.69, 9.17) is 30.5 Å². The Balaban J connectivity index is 2.14. The van der Waals surface area contributed by atoms with Crippen LogP contribution in [0.1, 0.15) is 57.9 Å². The Kier molecular flexibility index (Phi) is 11.0. The molecule has 0 radical (unpaired) electrons. The summed E-state index contributed by atoms with van der Waals surface area (Å²) in [6.45, 7) is 8.52. The highest BCUT2D eigenvalue weighted by atomic mass is 35.5. The van der Waals surface area contributed by atoms with E-state index < -0.39 is 36.1 Å². The summed E-state index contributed by atoms with van der Waals surface area (Å²) in [5.41, 5.74) is -0.198. The molecule has 1 aromatic heterocycles. The summed E-state index contributed by atoms with van der Waals surface area (Å²) in [6, 6.07) is 7.46. The Morgan fingerprint density at radius 1 is 1.11 bits per heavy atom. The van der Waals surface area contributed by atoms with Crippen molar-refractivity contribution in [2.24, 2.45) is 5.92 Å². The summed E-state index contributed by atoms with van der Waals surface area (Å²) in [5.74, 6) is -1.33. The second-order valence-corrected chi connectivity index (χ2v) is 8.67. The summed E-state index contributed by atoms with van der Waals surface area (Å²) in [5, 5.41) is 3.08. The number of rotatable bonds is 12. The second-order valence-electron chi connectivity index (χ2n) is 8.24. The molecule has 2 rings (SSSR count). The van der Waals surface area contributed by atoms with Gasteiger partial charge >= 0.3 is 11.9 Å². The molecule has 196 valence electrons. The molecule has 2 aromatic rings. The summed E-state index contributed by atoms with van der Waals surface area (Å²) < 4.78 is 22.2. The molecule has 1 heterocycles. The standard InChI is InChI=1S/C26H33ClN2O7/c1-7-18(8-2)23(36-20-11-9-10-19(27)14-20)16(4)34-26(32)15(3)29-25(31)22-24(35-17(5)30)21(33-6)12-13-28-22/h9-16,18,23H,7-8H2,1-6H3,(H,29,31)/t15-,16-,23-/m0/s1. The molecule has 0 fully saturated rings. The fourth-order valence-electron chi connectivity index (χ4n) is 3.70. The lowest BCUT2D eigenvalue weighted by Gasteiger charge is -2.31. The van der Waals surface area contributed by atoms with Crippen molar-refractivity contribution in [3.63, 3.8) is 0 Å². The van der Waals surface area contributed by atoms with Gasteiger partial charge in [-0.2, -0.15) is 0 Å². The van der Waals surface area contributed by atoms with Gasteiger partial charge in [-0.1, -0.05) is 31.5 Å². The molecule has 1 aromatic carbocycles. The molecule has 10 heteroatoms.